The lowest BCUT2D eigenvalue weighted by Crippen LogP contribution is -2.65. The number of aliphatic carboxylic acids is 3. The molecule has 296 valence electrons. The zero-order chi connectivity index (χ0) is 39.0. The van der Waals surface area contributed by atoms with Crippen molar-refractivity contribution in [2.24, 2.45) is 17.2 Å². The predicted octanol–water partition coefficient (Wildman–Crippen LogP) is -6.82. The van der Waals surface area contributed by atoms with Gasteiger partial charge in [0.05, 0.1) is 13.2 Å². The molecule has 0 aromatic carbocycles. The molecule has 1 aromatic rings. The van der Waals surface area contributed by atoms with Gasteiger partial charge in [0.25, 0.3) is 0 Å². The first-order valence-electron chi connectivity index (χ1n) is 16.3. The van der Waals surface area contributed by atoms with Gasteiger partial charge in [-0.2, -0.15) is 4.57 Å². The van der Waals surface area contributed by atoms with E-state index in [1.54, 1.807) is 0 Å². The van der Waals surface area contributed by atoms with E-state index in [4.69, 9.17) is 36.1 Å². The molecule has 52 heavy (non-hydrogen) atoms. The number of pyridine rings is 1. The summed E-state index contributed by atoms with van der Waals surface area (Å²) in [5.41, 5.74) is 17.5. The highest BCUT2D eigenvalue weighted by Gasteiger charge is 2.51. The van der Waals surface area contributed by atoms with Gasteiger partial charge in [-0.05, 0) is 25.7 Å². The Balaban J connectivity index is 1.99. The van der Waals surface area contributed by atoms with Gasteiger partial charge >= 0.3 is 17.9 Å². The third-order valence-corrected chi connectivity index (χ3v) is 8.91. The van der Waals surface area contributed by atoms with Gasteiger partial charge in [0.1, 0.15) is 73.1 Å². The van der Waals surface area contributed by atoms with Crippen LogP contribution in [0, 0.1) is 0 Å². The second kappa shape index (κ2) is 19.2. The summed E-state index contributed by atoms with van der Waals surface area (Å²) in [6.45, 7) is -1.90. The number of ether oxygens (including phenoxy) is 4. The minimum absolute atomic E-state index is 0.0536. The number of rotatable bonds is 19. The van der Waals surface area contributed by atoms with Crippen LogP contribution < -0.4 is 21.8 Å². The molecule has 0 radical (unpaired) electrons. The Morgan fingerprint density at radius 1 is 0.731 bits per heavy atom. The zero-order valence-corrected chi connectivity index (χ0v) is 27.9. The first-order chi connectivity index (χ1) is 24.4. The second-order valence-corrected chi connectivity index (χ2v) is 12.8. The van der Waals surface area contributed by atoms with Crippen LogP contribution in [0.4, 0.5) is 0 Å². The molecule has 17 N–H and O–H groups in total. The van der Waals surface area contributed by atoms with Crippen LogP contribution in [0.1, 0.15) is 30.4 Å². The number of carbonyl (C=O) groups is 3. The largest absolute Gasteiger partial charge is 0.503 e. The Morgan fingerprint density at radius 3 is 1.83 bits per heavy atom. The number of aryl methyl sites for hydroxylation is 1. The monoisotopic (exact) mass is 753 g/mol. The van der Waals surface area contributed by atoms with Crippen LogP contribution in [0.5, 0.6) is 5.75 Å². The van der Waals surface area contributed by atoms with Crippen LogP contribution in [-0.4, -0.2) is 173 Å². The standard InChI is InChI=1S/C30H48N4O18/c31-14(26(43)44)3-1-11-6-34(8-17(37)13(11)5-16(33)28(47)48)7-12(2-4-15(32)27(45)46)49-30-25(23(41)21(39)19(10-36)51-30)52-29-24(42)22(40)20(38)18(9-35)50-29/h6,8,12,14-16,18-25,29-30,35-36,38-42H,1-5,7,9-10,31-33H2,(H3-,37,43,44,45,46,47,48)/p+1/t12-,14+,15+,16+,18-,19-,20-,21+,22+,23+,24-,25-,29-,30-/m1/s1. The van der Waals surface area contributed by atoms with Crippen LogP contribution >= 0.6 is 0 Å². The van der Waals surface area contributed by atoms with Crippen molar-refractivity contribution in [2.45, 2.75) is 124 Å². The number of aliphatic hydroxyl groups excluding tert-OH is 7. The Kier molecular flexibility index (Phi) is 16.0. The topological polar surface area (TPSA) is 393 Å². The molecule has 2 fully saturated rings. The molecule has 0 amide bonds. The molecule has 1 aromatic heterocycles. The summed E-state index contributed by atoms with van der Waals surface area (Å²) in [5, 5.41) is 111. The Bertz CT molecular complexity index is 1360. The highest BCUT2D eigenvalue weighted by atomic mass is 16.8. The molecule has 0 aliphatic carbocycles. The van der Waals surface area contributed by atoms with Crippen molar-refractivity contribution in [3.8, 4) is 5.75 Å². The lowest BCUT2D eigenvalue weighted by atomic mass is 9.96. The molecule has 3 rings (SSSR count). The molecule has 0 saturated carbocycles. The second-order valence-electron chi connectivity index (χ2n) is 12.8. The van der Waals surface area contributed by atoms with Gasteiger partial charge in [0.2, 0.25) is 6.20 Å². The number of aliphatic hydroxyl groups is 7. The lowest BCUT2D eigenvalue weighted by Gasteiger charge is -2.46. The molecule has 0 unspecified atom stereocenters. The number of carboxylic acid groups (broad SMARTS) is 3. The number of nitrogens with two attached hydrogens (primary N) is 3. The van der Waals surface area contributed by atoms with Gasteiger partial charge in [-0.25, -0.2) is 0 Å². The maximum absolute atomic E-state index is 11.5. The fourth-order valence-corrected chi connectivity index (χ4v) is 5.77. The normalized spacial score (nSPS) is 31.7. The summed E-state index contributed by atoms with van der Waals surface area (Å²) in [6, 6.07) is -4.13. The fraction of sp³-hybridized carbons (Fsp3) is 0.733. The highest BCUT2D eigenvalue weighted by Crippen LogP contribution is 2.31. The lowest BCUT2D eigenvalue weighted by molar-refractivity contribution is -0.706. The van der Waals surface area contributed by atoms with Crippen molar-refractivity contribution in [3.63, 3.8) is 0 Å². The first kappa shape index (κ1) is 43.2. The molecule has 2 aliphatic heterocycles. The molecular weight excluding hydrogens is 704 g/mol. The number of aromatic nitrogens is 1. The third-order valence-electron chi connectivity index (χ3n) is 8.91. The predicted molar refractivity (Wildman–Crippen MR) is 168 cm³/mol. The van der Waals surface area contributed by atoms with Gasteiger partial charge in [-0.3, -0.25) is 14.4 Å². The van der Waals surface area contributed by atoms with E-state index >= 15 is 0 Å². The van der Waals surface area contributed by atoms with Crippen LogP contribution in [0.25, 0.3) is 0 Å². The van der Waals surface area contributed by atoms with E-state index in [9.17, 15) is 70.6 Å². The Hall–Kier alpha value is -3.20. The molecule has 3 heterocycles. The van der Waals surface area contributed by atoms with E-state index in [2.05, 4.69) is 0 Å². The van der Waals surface area contributed by atoms with E-state index in [-0.39, 0.29) is 49.8 Å². The summed E-state index contributed by atoms with van der Waals surface area (Å²) in [4.78, 5) is 34.4. The molecule has 14 atom stereocenters. The van der Waals surface area contributed by atoms with Crippen LogP contribution in [0.2, 0.25) is 0 Å². The molecule has 2 saturated heterocycles. The van der Waals surface area contributed by atoms with E-state index in [1.807, 2.05) is 0 Å². The van der Waals surface area contributed by atoms with Crippen LogP contribution in [0.3, 0.4) is 0 Å². The van der Waals surface area contributed by atoms with Crippen LogP contribution in [-0.2, 0) is 52.7 Å². The van der Waals surface area contributed by atoms with Crippen molar-refractivity contribution in [2.75, 3.05) is 13.2 Å². The van der Waals surface area contributed by atoms with Crippen molar-refractivity contribution >= 4 is 17.9 Å². The molecule has 22 nitrogen and oxygen atoms in total. The summed E-state index contributed by atoms with van der Waals surface area (Å²) < 4.78 is 24.3. The maximum atomic E-state index is 11.5. The number of carboxylic acids is 3. The number of aromatic hydroxyl groups is 1. The zero-order valence-electron chi connectivity index (χ0n) is 27.9. The summed E-state index contributed by atoms with van der Waals surface area (Å²) >= 11 is 0. The molecule has 0 bridgehead atoms. The van der Waals surface area contributed by atoms with Crippen molar-refractivity contribution in [3.05, 3.63) is 23.5 Å². The van der Waals surface area contributed by atoms with Crippen molar-refractivity contribution < 1.29 is 94.1 Å². The van der Waals surface area contributed by atoms with E-state index in [1.165, 1.54) is 17.0 Å². The SMILES string of the molecule is N[C@@H](CCc1c[n+](C[C@@H](CC[C@H](N)C(=O)O)O[C@@H]2O[C@H](CO)[C@H](O)[C@H](O)[C@H]2O[C@H]2O[C@H](CO)[C@@H](O)[C@H](O)[C@H]2O)cc(O)c1C[C@H](N)C(=O)O)C(=O)O. The van der Waals surface area contributed by atoms with Gasteiger partial charge in [0, 0.05) is 17.5 Å². The van der Waals surface area contributed by atoms with Gasteiger partial charge < -0.3 is 92.3 Å². The Labute approximate surface area is 296 Å². The summed E-state index contributed by atoms with van der Waals surface area (Å²) in [6.07, 6.45) is -16.9. The van der Waals surface area contributed by atoms with Crippen LogP contribution in [0.15, 0.2) is 12.4 Å². The fourth-order valence-electron chi connectivity index (χ4n) is 5.77. The van der Waals surface area contributed by atoms with E-state index in [0.717, 1.165) is 0 Å². The van der Waals surface area contributed by atoms with Gasteiger partial charge in [0.15, 0.2) is 31.1 Å². The van der Waals surface area contributed by atoms with Gasteiger partial charge in [-0.15, -0.1) is 0 Å². The first-order valence-corrected chi connectivity index (χ1v) is 16.3. The smallest absolute Gasteiger partial charge is 0.320 e. The number of hydrogen-bond donors (Lipinski definition) is 14. The van der Waals surface area contributed by atoms with Crippen molar-refractivity contribution in [1.82, 2.24) is 0 Å². The molecule has 2 aliphatic rings. The minimum Gasteiger partial charge on any atom is -0.503 e. The third kappa shape index (κ3) is 10.9. The molecular formula is C30H49N4O18+. The maximum Gasteiger partial charge on any atom is 0.320 e. The molecule has 0 spiro atoms. The van der Waals surface area contributed by atoms with E-state index < -0.39 is 123 Å². The summed E-state index contributed by atoms with van der Waals surface area (Å²) in [7, 11) is 0. The summed E-state index contributed by atoms with van der Waals surface area (Å²) in [5.74, 6) is -4.46. The average Bonchev–Trinajstić information content (AvgIpc) is 3.09. The number of hydrogen-bond acceptors (Lipinski definition) is 18. The number of nitrogens with zero attached hydrogens (tertiary/aromatic N) is 1. The van der Waals surface area contributed by atoms with Gasteiger partial charge in [-0.1, -0.05) is 0 Å². The quantitative estimate of drug-likeness (QED) is 0.0584. The Morgan fingerprint density at radius 2 is 1.27 bits per heavy atom. The minimum atomic E-state index is -1.94. The molecule has 22 heteroatoms. The van der Waals surface area contributed by atoms with Crippen molar-refractivity contribution in [1.29, 1.82) is 0 Å². The van der Waals surface area contributed by atoms with E-state index in [0.29, 0.717) is 0 Å². The highest BCUT2D eigenvalue weighted by molar-refractivity contribution is 5.74. The average molecular weight is 754 g/mol.